The van der Waals surface area contributed by atoms with Crippen molar-refractivity contribution < 1.29 is 9.53 Å². The van der Waals surface area contributed by atoms with E-state index in [1.54, 1.807) is 0 Å². The fourth-order valence-electron chi connectivity index (χ4n) is 2.81. The molecule has 3 N–H and O–H groups in total. The van der Waals surface area contributed by atoms with Gasteiger partial charge in [-0.2, -0.15) is 0 Å². The molecule has 7 heteroatoms. The third kappa shape index (κ3) is 6.71. The number of carbonyl (C=O) groups is 1. The standard InChI is InChI=1S/C22H28N4O2S/c1-3-23-20(24-15-17-9-11-18(12-10-17)26-21(27)28-2)25-16-22(13-14-22)29-19-7-5-4-6-8-19/h4-12H,3,13-16H2,1-2H3,(H,26,27)(H2,23,24,25). The van der Waals surface area contributed by atoms with Gasteiger partial charge < -0.3 is 15.4 Å². The Morgan fingerprint density at radius 3 is 2.45 bits per heavy atom. The first-order chi connectivity index (χ1) is 14.1. The first-order valence-corrected chi connectivity index (χ1v) is 10.6. The van der Waals surface area contributed by atoms with E-state index in [-0.39, 0.29) is 4.75 Å². The number of anilines is 1. The highest BCUT2D eigenvalue weighted by Gasteiger charge is 2.43. The van der Waals surface area contributed by atoms with E-state index in [9.17, 15) is 4.79 Å². The summed E-state index contributed by atoms with van der Waals surface area (Å²) in [7, 11) is 1.35. The van der Waals surface area contributed by atoms with Gasteiger partial charge in [0.15, 0.2) is 5.96 Å². The predicted molar refractivity (Wildman–Crippen MR) is 120 cm³/mol. The lowest BCUT2D eigenvalue weighted by atomic mass is 10.2. The van der Waals surface area contributed by atoms with Gasteiger partial charge in [0.1, 0.15) is 0 Å². The van der Waals surface area contributed by atoms with Crippen LogP contribution in [0.4, 0.5) is 10.5 Å². The number of aliphatic imine (C=N–C) groups is 1. The Bertz CT molecular complexity index is 820. The summed E-state index contributed by atoms with van der Waals surface area (Å²) in [5.74, 6) is 0.823. The minimum absolute atomic E-state index is 0.263. The minimum Gasteiger partial charge on any atom is -0.453 e. The smallest absolute Gasteiger partial charge is 0.411 e. The molecule has 0 atom stereocenters. The van der Waals surface area contributed by atoms with Crippen molar-refractivity contribution in [2.45, 2.75) is 36.0 Å². The molecule has 154 valence electrons. The first kappa shape index (κ1) is 21.0. The highest BCUT2D eigenvalue weighted by Crippen LogP contribution is 2.51. The second kappa shape index (κ2) is 10.2. The number of hydrogen-bond donors (Lipinski definition) is 3. The molecular formula is C22H28N4O2S. The van der Waals surface area contributed by atoms with Crippen molar-refractivity contribution in [3.05, 3.63) is 60.2 Å². The van der Waals surface area contributed by atoms with E-state index >= 15 is 0 Å². The zero-order valence-corrected chi connectivity index (χ0v) is 17.7. The average Bonchev–Trinajstić information content (AvgIpc) is 3.51. The van der Waals surface area contributed by atoms with Crippen LogP contribution in [-0.4, -0.2) is 37.0 Å². The molecule has 2 aromatic carbocycles. The number of carbonyl (C=O) groups excluding carboxylic acids is 1. The predicted octanol–water partition coefficient (Wildman–Crippen LogP) is 4.24. The fourth-order valence-corrected chi connectivity index (χ4v) is 4.06. The maximum atomic E-state index is 11.3. The summed E-state index contributed by atoms with van der Waals surface area (Å²) in [6.07, 6.45) is 1.96. The molecule has 1 fully saturated rings. The summed E-state index contributed by atoms with van der Waals surface area (Å²) in [5.41, 5.74) is 1.76. The molecule has 3 rings (SSSR count). The number of nitrogens with one attached hydrogen (secondary N) is 3. The molecule has 2 aromatic rings. The van der Waals surface area contributed by atoms with Crippen molar-refractivity contribution in [3.8, 4) is 0 Å². The van der Waals surface area contributed by atoms with Crippen LogP contribution in [0.2, 0.25) is 0 Å². The maximum Gasteiger partial charge on any atom is 0.411 e. The molecule has 0 heterocycles. The summed E-state index contributed by atoms with van der Waals surface area (Å²) in [5, 5.41) is 9.47. The second-order valence-electron chi connectivity index (χ2n) is 6.96. The van der Waals surface area contributed by atoms with Crippen molar-refractivity contribution in [2.75, 3.05) is 25.5 Å². The number of thioether (sulfide) groups is 1. The number of rotatable bonds is 8. The van der Waals surface area contributed by atoms with E-state index < -0.39 is 6.09 Å². The van der Waals surface area contributed by atoms with E-state index in [2.05, 4.69) is 57.9 Å². The summed E-state index contributed by atoms with van der Waals surface area (Å²) in [6.45, 7) is 4.33. The number of amides is 1. The molecule has 0 unspecified atom stereocenters. The monoisotopic (exact) mass is 412 g/mol. The number of methoxy groups -OCH3 is 1. The zero-order chi connectivity index (χ0) is 20.5. The zero-order valence-electron chi connectivity index (χ0n) is 16.9. The van der Waals surface area contributed by atoms with E-state index in [0.717, 1.165) is 24.6 Å². The summed E-state index contributed by atoms with van der Waals surface area (Å²) in [6, 6.07) is 18.2. The van der Waals surface area contributed by atoms with Gasteiger partial charge in [-0.05, 0) is 49.6 Å². The number of hydrogen-bond acceptors (Lipinski definition) is 4. The number of guanidine groups is 1. The molecular weight excluding hydrogens is 384 g/mol. The second-order valence-corrected chi connectivity index (χ2v) is 8.50. The topological polar surface area (TPSA) is 74.8 Å². The molecule has 29 heavy (non-hydrogen) atoms. The summed E-state index contributed by atoms with van der Waals surface area (Å²) >= 11 is 1.95. The van der Waals surface area contributed by atoms with E-state index in [4.69, 9.17) is 4.99 Å². The van der Waals surface area contributed by atoms with Crippen molar-refractivity contribution in [2.24, 2.45) is 4.99 Å². The summed E-state index contributed by atoms with van der Waals surface area (Å²) < 4.78 is 4.86. The Labute approximate surface area is 176 Å². The average molecular weight is 413 g/mol. The number of ether oxygens (including phenoxy) is 1. The van der Waals surface area contributed by atoms with Crippen molar-refractivity contribution in [3.63, 3.8) is 0 Å². The molecule has 6 nitrogen and oxygen atoms in total. The lowest BCUT2D eigenvalue weighted by Crippen LogP contribution is -2.41. The van der Waals surface area contributed by atoms with Crippen LogP contribution in [0.1, 0.15) is 25.3 Å². The molecule has 0 aliphatic heterocycles. The first-order valence-electron chi connectivity index (χ1n) is 9.83. The highest BCUT2D eigenvalue weighted by atomic mass is 32.2. The van der Waals surface area contributed by atoms with Gasteiger partial charge in [0, 0.05) is 28.4 Å². The van der Waals surface area contributed by atoms with Crippen molar-refractivity contribution in [1.29, 1.82) is 0 Å². The van der Waals surface area contributed by atoms with Gasteiger partial charge in [-0.1, -0.05) is 30.3 Å². The van der Waals surface area contributed by atoms with Crippen LogP contribution in [0.15, 0.2) is 64.5 Å². The number of benzene rings is 2. The number of nitrogens with zero attached hydrogens (tertiary/aromatic N) is 1. The fraction of sp³-hybridized carbons (Fsp3) is 0.364. The van der Waals surface area contributed by atoms with E-state index in [1.807, 2.05) is 36.0 Å². The molecule has 1 saturated carbocycles. The third-order valence-corrected chi connectivity index (χ3v) is 6.11. The van der Waals surface area contributed by atoms with Gasteiger partial charge in [-0.15, -0.1) is 11.8 Å². The van der Waals surface area contributed by atoms with E-state index in [0.29, 0.717) is 12.2 Å². The lowest BCUT2D eigenvalue weighted by Gasteiger charge is -2.18. The van der Waals surface area contributed by atoms with Gasteiger partial charge >= 0.3 is 6.09 Å². The van der Waals surface area contributed by atoms with Gasteiger partial charge in [0.25, 0.3) is 0 Å². The molecule has 0 radical (unpaired) electrons. The van der Waals surface area contributed by atoms with Gasteiger partial charge in [0.2, 0.25) is 0 Å². The summed E-state index contributed by atoms with van der Waals surface area (Å²) in [4.78, 5) is 17.3. The Morgan fingerprint density at radius 2 is 1.83 bits per heavy atom. The Hall–Kier alpha value is -2.67. The highest BCUT2D eigenvalue weighted by molar-refractivity contribution is 8.01. The maximum absolute atomic E-state index is 11.3. The third-order valence-electron chi connectivity index (χ3n) is 4.61. The van der Waals surface area contributed by atoms with Crippen LogP contribution in [-0.2, 0) is 11.3 Å². The molecule has 1 amide bonds. The minimum atomic E-state index is -0.475. The van der Waals surface area contributed by atoms with Gasteiger partial charge in [0.05, 0.1) is 13.7 Å². The van der Waals surface area contributed by atoms with Crippen LogP contribution in [0.25, 0.3) is 0 Å². The van der Waals surface area contributed by atoms with Crippen LogP contribution in [0.3, 0.4) is 0 Å². The van der Waals surface area contributed by atoms with Gasteiger partial charge in [-0.25, -0.2) is 9.79 Å². The van der Waals surface area contributed by atoms with Crippen LogP contribution < -0.4 is 16.0 Å². The largest absolute Gasteiger partial charge is 0.453 e. The molecule has 0 spiro atoms. The SMILES string of the molecule is CCNC(=NCc1ccc(NC(=O)OC)cc1)NCC1(Sc2ccccc2)CC1. The van der Waals surface area contributed by atoms with Crippen LogP contribution >= 0.6 is 11.8 Å². The van der Waals surface area contributed by atoms with Crippen LogP contribution in [0, 0.1) is 0 Å². The Kier molecular flexibility index (Phi) is 7.41. The van der Waals surface area contributed by atoms with Crippen LogP contribution in [0.5, 0.6) is 0 Å². The molecule has 1 aliphatic rings. The molecule has 0 aromatic heterocycles. The van der Waals surface area contributed by atoms with E-state index in [1.165, 1.54) is 24.8 Å². The molecule has 0 saturated heterocycles. The quantitative estimate of drug-likeness (QED) is 0.447. The Balaban J connectivity index is 1.54. The normalized spacial score (nSPS) is 14.8. The van der Waals surface area contributed by atoms with Crippen molar-refractivity contribution >= 4 is 29.5 Å². The molecule has 0 bridgehead atoms. The Morgan fingerprint density at radius 1 is 1.10 bits per heavy atom. The van der Waals surface area contributed by atoms with Gasteiger partial charge in [-0.3, -0.25) is 5.32 Å². The molecule has 1 aliphatic carbocycles. The lowest BCUT2D eigenvalue weighted by molar-refractivity contribution is 0.187. The van der Waals surface area contributed by atoms with Crippen molar-refractivity contribution in [1.82, 2.24) is 10.6 Å².